The van der Waals surface area contributed by atoms with Gasteiger partial charge in [-0.05, 0) is 42.3 Å². The standard InChI is InChI=1S/C15H16FN3S/c1-10-7-13-8-14(11-3-5-12(16)6-4-11)17-19(13)9-15(10)18(2)20/h3-9,14,17,20H,1-2H3. The molecule has 0 saturated carbocycles. The molecular weight excluding hydrogens is 273 g/mol. The summed E-state index contributed by atoms with van der Waals surface area (Å²) in [5.41, 5.74) is 7.70. The molecule has 1 atom stereocenters. The molecule has 0 spiro atoms. The molecule has 2 heterocycles. The Morgan fingerprint density at radius 3 is 2.65 bits per heavy atom. The van der Waals surface area contributed by atoms with Gasteiger partial charge in [0.1, 0.15) is 5.82 Å². The molecular formula is C15H16FN3S. The number of fused-ring (bicyclic) bond motifs is 1. The second kappa shape index (κ2) is 5.00. The first kappa shape index (κ1) is 13.3. The van der Waals surface area contributed by atoms with Crippen LogP contribution in [-0.2, 0) is 0 Å². The number of benzene rings is 1. The van der Waals surface area contributed by atoms with Crippen molar-refractivity contribution in [2.45, 2.75) is 13.0 Å². The fourth-order valence-electron chi connectivity index (χ4n) is 2.44. The number of hydrogen-bond acceptors (Lipinski definition) is 4. The molecule has 0 aliphatic carbocycles. The number of thiol groups is 1. The van der Waals surface area contributed by atoms with Crippen molar-refractivity contribution < 1.29 is 4.39 Å². The van der Waals surface area contributed by atoms with Crippen LogP contribution in [0.2, 0.25) is 0 Å². The summed E-state index contributed by atoms with van der Waals surface area (Å²) in [5.74, 6) is -0.216. The first-order chi connectivity index (χ1) is 9.54. The first-order valence-corrected chi connectivity index (χ1v) is 6.80. The quantitative estimate of drug-likeness (QED) is 0.816. The summed E-state index contributed by atoms with van der Waals surface area (Å²) in [5, 5.41) is 1.98. The highest BCUT2D eigenvalue weighted by Gasteiger charge is 2.25. The third kappa shape index (κ3) is 2.34. The molecule has 2 aliphatic rings. The molecule has 20 heavy (non-hydrogen) atoms. The molecule has 5 heteroatoms. The highest BCUT2D eigenvalue weighted by molar-refractivity contribution is 7.77. The van der Waals surface area contributed by atoms with Crippen molar-refractivity contribution in [1.29, 1.82) is 0 Å². The lowest BCUT2D eigenvalue weighted by atomic mass is 10.1. The topological polar surface area (TPSA) is 18.5 Å². The summed E-state index contributed by atoms with van der Waals surface area (Å²) in [7, 11) is 1.90. The zero-order valence-corrected chi connectivity index (χ0v) is 12.2. The maximum absolute atomic E-state index is 13.0. The molecule has 1 aromatic rings. The minimum atomic E-state index is -0.216. The van der Waals surface area contributed by atoms with Gasteiger partial charge in [0.2, 0.25) is 0 Å². The van der Waals surface area contributed by atoms with Crippen LogP contribution in [0.1, 0.15) is 18.5 Å². The highest BCUT2D eigenvalue weighted by atomic mass is 32.1. The average Bonchev–Trinajstić information content (AvgIpc) is 2.81. The van der Waals surface area contributed by atoms with E-state index in [2.05, 4.69) is 37.3 Å². The largest absolute Gasteiger partial charge is 0.320 e. The summed E-state index contributed by atoms with van der Waals surface area (Å²) in [6.45, 7) is 2.06. The molecule has 104 valence electrons. The fraction of sp³-hybridized carbons (Fsp3) is 0.200. The number of hydrogen-bond donors (Lipinski definition) is 2. The zero-order valence-electron chi connectivity index (χ0n) is 11.3. The van der Waals surface area contributed by atoms with E-state index in [9.17, 15) is 4.39 Å². The number of halogens is 1. The average molecular weight is 289 g/mol. The van der Waals surface area contributed by atoms with Crippen molar-refractivity contribution in [3.63, 3.8) is 0 Å². The monoisotopic (exact) mass is 289 g/mol. The molecule has 1 unspecified atom stereocenters. The Morgan fingerprint density at radius 1 is 1.30 bits per heavy atom. The molecule has 0 radical (unpaired) electrons. The molecule has 0 fully saturated rings. The Bertz CT molecular complexity index is 617. The SMILES string of the molecule is CC1=CC2=CC(c3ccc(F)cc3)NN2C=C1N(C)S. The van der Waals surface area contributed by atoms with E-state index >= 15 is 0 Å². The maximum atomic E-state index is 13.0. The molecule has 2 aliphatic heterocycles. The number of hydrazine groups is 1. The van der Waals surface area contributed by atoms with Crippen molar-refractivity contribution in [3.05, 3.63) is 71.0 Å². The van der Waals surface area contributed by atoms with Gasteiger partial charge in [0.25, 0.3) is 0 Å². The van der Waals surface area contributed by atoms with Crippen LogP contribution in [0.4, 0.5) is 4.39 Å². The minimum Gasteiger partial charge on any atom is -0.320 e. The Hall–Kier alpha value is -1.72. The van der Waals surface area contributed by atoms with Gasteiger partial charge >= 0.3 is 0 Å². The zero-order chi connectivity index (χ0) is 14.3. The van der Waals surface area contributed by atoms with Crippen molar-refractivity contribution in [1.82, 2.24) is 14.7 Å². The van der Waals surface area contributed by atoms with Gasteiger partial charge in [0, 0.05) is 13.2 Å². The predicted octanol–water partition coefficient (Wildman–Crippen LogP) is 3.15. The van der Waals surface area contributed by atoms with Crippen LogP contribution >= 0.6 is 12.8 Å². The second-order valence-electron chi connectivity index (χ2n) is 4.99. The predicted molar refractivity (Wildman–Crippen MR) is 80.8 cm³/mol. The molecule has 0 aromatic heterocycles. The Labute approximate surface area is 123 Å². The van der Waals surface area contributed by atoms with E-state index in [1.165, 1.54) is 12.1 Å². The van der Waals surface area contributed by atoms with E-state index in [0.717, 1.165) is 22.5 Å². The lowest BCUT2D eigenvalue weighted by Crippen LogP contribution is -2.31. The maximum Gasteiger partial charge on any atom is 0.123 e. The van der Waals surface area contributed by atoms with Gasteiger partial charge < -0.3 is 4.31 Å². The van der Waals surface area contributed by atoms with Gasteiger partial charge in [-0.15, -0.1) is 0 Å². The van der Waals surface area contributed by atoms with E-state index in [4.69, 9.17) is 0 Å². The first-order valence-electron chi connectivity index (χ1n) is 6.40. The smallest absolute Gasteiger partial charge is 0.123 e. The van der Waals surface area contributed by atoms with Crippen LogP contribution in [0.5, 0.6) is 0 Å². The molecule has 0 bridgehead atoms. The molecule has 0 amide bonds. The molecule has 1 N–H and O–H groups in total. The number of likely N-dealkylation sites (N-methyl/N-ethyl adjacent to an activating group) is 1. The Kier molecular flexibility index (Phi) is 3.31. The highest BCUT2D eigenvalue weighted by Crippen LogP contribution is 2.32. The van der Waals surface area contributed by atoms with Crippen molar-refractivity contribution in [2.24, 2.45) is 0 Å². The van der Waals surface area contributed by atoms with E-state index in [-0.39, 0.29) is 11.9 Å². The van der Waals surface area contributed by atoms with Crippen LogP contribution in [0.15, 0.2) is 59.6 Å². The molecule has 3 nitrogen and oxygen atoms in total. The van der Waals surface area contributed by atoms with E-state index < -0.39 is 0 Å². The summed E-state index contributed by atoms with van der Waals surface area (Å²) in [6, 6.07) is 6.62. The third-order valence-electron chi connectivity index (χ3n) is 3.49. The van der Waals surface area contributed by atoms with Crippen molar-refractivity contribution in [2.75, 3.05) is 7.05 Å². The summed E-state index contributed by atoms with van der Waals surface area (Å²) >= 11 is 4.34. The van der Waals surface area contributed by atoms with Crippen molar-refractivity contribution >= 4 is 12.8 Å². The van der Waals surface area contributed by atoms with E-state index in [1.807, 2.05) is 18.3 Å². The summed E-state index contributed by atoms with van der Waals surface area (Å²) < 4.78 is 14.8. The van der Waals surface area contributed by atoms with Crippen LogP contribution < -0.4 is 5.43 Å². The second-order valence-corrected chi connectivity index (χ2v) is 5.59. The fourth-order valence-corrected chi connectivity index (χ4v) is 2.65. The number of nitrogens with zero attached hydrogens (tertiary/aromatic N) is 2. The minimum absolute atomic E-state index is 0.0514. The molecule has 3 rings (SSSR count). The van der Waals surface area contributed by atoms with E-state index in [0.29, 0.717) is 0 Å². The van der Waals surface area contributed by atoms with Gasteiger partial charge in [-0.1, -0.05) is 24.9 Å². The Balaban J connectivity index is 1.88. The van der Waals surface area contributed by atoms with Crippen molar-refractivity contribution in [3.8, 4) is 0 Å². The van der Waals surface area contributed by atoms with Gasteiger partial charge in [-0.25, -0.2) is 9.82 Å². The molecule has 1 aromatic carbocycles. The number of nitrogens with one attached hydrogen (secondary N) is 1. The van der Waals surface area contributed by atoms with E-state index in [1.54, 1.807) is 16.4 Å². The summed E-state index contributed by atoms with van der Waals surface area (Å²) in [4.78, 5) is 0. The van der Waals surface area contributed by atoms with Gasteiger partial charge in [0.15, 0.2) is 0 Å². The lowest BCUT2D eigenvalue weighted by molar-refractivity contribution is 0.345. The van der Waals surface area contributed by atoms with Gasteiger partial charge in [0.05, 0.1) is 17.4 Å². The third-order valence-corrected chi connectivity index (χ3v) is 3.71. The molecule has 0 saturated heterocycles. The normalized spacial score (nSPS) is 21.1. The Morgan fingerprint density at radius 2 is 2.00 bits per heavy atom. The van der Waals surface area contributed by atoms with Crippen LogP contribution in [-0.4, -0.2) is 16.4 Å². The number of rotatable bonds is 2. The van der Waals surface area contributed by atoms with Crippen LogP contribution in [0.3, 0.4) is 0 Å². The van der Waals surface area contributed by atoms with Crippen LogP contribution in [0.25, 0.3) is 0 Å². The number of allylic oxidation sites excluding steroid dienone is 2. The van der Waals surface area contributed by atoms with Crippen LogP contribution in [0, 0.1) is 5.82 Å². The summed E-state index contributed by atoms with van der Waals surface area (Å²) in [6.07, 6.45) is 6.25. The lowest BCUT2D eigenvalue weighted by Gasteiger charge is -2.27. The van der Waals surface area contributed by atoms with Gasteiger partial charge in [-0.2, -0.15) is 0 Å². The van der Waals surface area contributed by atoms with Gasteiger partial charge in [-0.3, -0.25) is 5.01 Å².